The number of carbonyl (C=O) groups excluding carboxylic acids is 2. The van der Waals surface area contributed by atoms with Gasteiger partial charge in [-0.25, -0.2) is 4.79 Å². The molecule has 0 bridgehead atoms. The predicted molar refractivity (Wildman–Crippen MR) is 61.7 cm³/mol. The van der Waals surface area contributed by atoms with Crippen LogP contribution in [-0.2, 0) is 16.0 Å². The Hall–Kier alpha value is -2.11. The number of pyridine rings is 1. The lowest BCUT2D eigenvalue weighted by Gasteiger charge is -2.13. The van der Waals surface area contributed by atoms with Crippen LogP contribution >= 0.6 is 0 Å². The number of hydrogen-bond acceptors (Lipinski definition) is 5. The highest BCUT2D eigenvalue weighted by molar-refractivity contribution is 5.95. The van der Waals surface area contributed by atoms with E-state index in [-0.39, 0.29) is 11.3 Å². The molecule has 0 saturated heterocycles. The summed E-state index contributed by atoms with van der Waals surface area (Å²) in [6, 6.07) is 0.401. The van der Waals surface area contributed by atoms with Crippen molar-refractivity contribution >= 4 is 11.8 Å². The Balaban J connectivity index is 2.68. The Morgan fingerprint density at radius 3 is 2.72 bits per heavy atom. The maximum absolute atomic E-state index is 11.9. The van der Waals surface area contributed by atoms with Gasteiger partial charge in [-0.15, -0.1) is 0 Å². The van der Waals surface area contributed by atoms with E-state index in [1.807, 2.05) is 0 Å². The van der Waals surface area contributed by atoms with E-state index in [0.29, 0.717) is 18.5 Å². The van der Waals surface area contributed by atoms with Crippen molar-refractivity contribution in [3.05, 3.63) is 27.7 Å². The van der Waals surface area contributed by atoms with Gasteiger partial charge in [0.25, 0.3) is 5.56 Å². The molecule has 0 saturated carbocycles. The number of aromatic hydroxyl groups is 1. The maximum Gasteiger partial charge on any atom is 0.328 e. The standard InChI is InChI=1S/C12H13NO5/c1-6(14)7-5-10(15)11(16)13-8(7)3-4-9(13)12(17)18-2/h5,9,15H,3-4H2,1-2H3/t9-/m0/s1. The second-order valence-electron chi connectivity index (χ2n) is 4.20. The quantitative estimate of drug-likeness (QED) is 0.608. The number of carbonyl (C=O) groups is 2. The number of ether oxygens (including phenoxy) is 1. The highest BCUT2D eigenvalue weighted by Gasteiger charge is 2.33. The minimum atomic E-state index is -0.761. The van der Waals surface area contributed by atoms with E-state index in [9.17, 15) is 19.5 Å². The summed E-state index contributed by atoms with van der Waals surface area (Å²) in [4.78, 5) is 34.9. The average molecular weight is 251 g/mol. The van der Waals surface area contributed by atoms with Gasteiger partial charge in [0.15, 0.2) is 11.5 Å². The van der Waals surface area contributed by atoms with Crippen LogP contribution in [0.5, 0.6) is 5.75 Å². The van der Waals surface area contributed by atoms with Crippen LogP contribution in [0.4, 0.5) is 0 Å². The van der Waals surface area contributed by atoms with Gasteiger partial charge < -0.3 is 9.84 Å². The van der Waals surface area contributed by atoms with E-state index in [0.717, 1.165) is 10.6 Å². The predicted octanol–water partition coefficient (Wildman–Crippen LogP) is 0.417. The van der Waals surface area contributed by atoms with Crippen molar-refractivity contribution in [3.8, 4) is 5.75 Å². The summed E-state index contributed by atoms with van der Waals surface area (Å²) in [6.45, 7) is 1.35. The van der Waals surface area contributed by atoms with Crippen molar-refractivity contribution < 1.29 is 19.4 Å². The number of fused-ring (bicyclic) bond motifs is 1. The number of nitrogens with zero attached hydrogens (tertiary/aromatic N) is 1. The van der Waals surface area contributed by atoms with Crippen LogP contribution in [0.15, 0.2) is 10.9 Å². The molecule has 0 aliphatic carbocycles. The number of aromatic nitrogens is 1. The molecule has 1 aliphatic rings. The summed E-state index contributed by atoms with van der Waals surface area (Å²) < 4.78 is 5.79. The van der Waals surface area contributed by atoms with Crippen LogP contribution in [0.2, 0.25) is 0 Å². The van der Waals surface area contributed by atoms with Gasteiger partial charge in [0.2, 0.25) is 0 Å². The lowest BCUT2D eigenvalue weighted by Crippen LogP contribution is -2.29. The third-order valence-electron chi connectivity index (χ3n) is 3.14. The van der Waals surface area contributed by atoms with Crippen molar-refractivity contribution in [3.63, 3.8) is 0 Å². The highest BCUT2D eigenvalue weighted by atomic mass is 16.5. The number of ketones is 1. The van der Waals surface area contributed by atoms with Gasteiger partial charge in [-0.05, 0) is 25.8 Å². The molecule has 1 aromatic rings. The van der Waals surface area contributed by atoms with Gasteiger partial charge in [-0.1, -0.05) is 0 Å². The van der Waals surface area contributed by atoms with Crippen LogP contribution < -0.4 is 5.56 Å². The highest BCUT2D eigenvalue weighted by Crippen LogP contribution is 2.29. The zero-order chi connectivity index (χ0) is 13.4. The Morgan fingerprint density at radius 1 is 1.50 bits per heavy atom. The largest absolute Gasteiger partial charge is 0.503 e. The molecule has 1 aromatic heterocycles. The fourth-order valence-corrected chi connectivity index (χ4v) is 2.31. The van der Waals surface area contributed by atoms with Gasteiger partial charge in [-0.3, -0.25) is 14.2 Å². The van der Waals surface area contributed by atoms with E-state index in [2.05, 4.69) is 4.74 Å². The molecule has 6 nitrogen and oxygen atoms in total. The number of Topliss-reactive ketones (excluding diaryl/α,β-unsaturated/α-hetero) is 1. The van der Waals surface area contributed by atoms with Gasteiger partial charge >= 0.3 is 5.97 Å². The van der Waals surface area contributed by atoms with Crippen LogP contribution in [0.3, 0.4) is 0 Å². The van der Waals surface area contributed by atoms with E-state index in [1.54, 1.807) is 0 Å². The van der Waals surface area contributed by atoms with E-state index >= 15 is 0 Å². The Morgan fingerprint density at radius 2 is 2.17 bits per heavy atom. The van der Waals surface area contributed by atoms with Crippen LogP contribution in [0, 0.1) is 0 Å². The molecule has 18 heavy (non-hydrogen) atoms. The second-order valence-corrected chi connectivity index (χ2v) is 4.20. The Bertz CT molecular complexity index is 587. The van der Waals surface area contributed by atoms with Gasteiger partial charge in [-0.2, -0.15) is 0 Å². The lowest BCUT2D eigenvalue weighted by atomic mass is 10.1. The zero-order valence-corrected chi connectivity index (χ0v) is 10.1. The van der Waals surface area contributed by atoms with Crippen LogP contribution in [-0.4, -0.2) is 28.5 Å². The molecule has 0 spiro atoms. The SMILES string of the molecule is COC(=O)[C@@H]1CCc2c(C(C)=O)cc(O)c(=O)n21. The fourth-order valence-electron chi connectivity index (χ4n) is 2.31. The molecule has 0 amide bonds. The molecule has 1 atom stereocenters. The third kappa shape index (κ3) is 1.70. The molecule has 0 fully saturated rings. The minimum absolute atomic E-state index is 0.250. The number of rotatable bonds is 2. The smallest absolute Gasteiger partial charge is 0.328 e. The monoisotopic (exact) mass is 251 g/mol. The summed E-state index contributed by atoms with van der Waals surface area (Å²) in [5.74, 6) is -1.32. The molecule has 0 aromatic carbocycles. The third-order valence-corrected chi connectivity index (χ3v) is 3.14. The van der Waals surface area contributed by atoms with Crippen molar-refractivity contribution in [1.29, 1.82) is 0 Å². The van der Waals surface area contributed by atoms with Gasteiger partial charge in [0, 0.05) is 11.3 Å². The first-order valence-electron chi connectivity index (χ1n) is 5.53. The maximum atomic E-state index is 11.9. The van der Waals surface area contributed by atoms with Crippen molar-refractivity contribution in [2.24, 2.45) is 0 Å². The topological polar surface area (TPSA) is 85.6 Å². The summed E-state index contributed by atoms with van der Waals surface area (Å²) in [5.41, 5.74) is 0.0992. The lowest BCUT2D eigenvalue weighted by molar-refractivity contribution is -0.144. The van der Waals surface area contributed by atoms with Gasteiger partial charge in [0.05, 0.1) is 7.11 Å². The van der Waals surface area contributed by atoms with E-state index in [1.165, 1.54) is 14.0 Å². The molecule has 1 N–H and O–H groups in total. The Kier molecular flexibility index (Phi) is 2.94. The molecule has 2 rings (SSSR count). The number of hydrogen-bond donors (Lipinski definition) is 1. The molecule has 1 aliphatic heterocycles. The van der Waals surface area contributed by atoms with Crippen LogP contribution in [0.25, 0.3) is 0 Å². The number of methoxy groups -OCH3 is 1. The van der Waals surface area contributed by atoms with Crippen LogP contribution in [0.1, 0.15) is 35.4 Å². The minimum Gasteiger partial charge on any atom is -0.503 e. The first-order valence-corrected chi connectivity index (χ1v) is 5.53. The summed E-state index contributed by atoms with van der Waals surface area (Å²) in [7, 11) is 1.24. The molecule has 2 heterocycles. The Labute approximate surface area is 103 Å². The molecule has 0 radical (unpaired) electrons. The van der Waals surface area contributed by atoms with Gasteiger partial charge in [0.1, 0.15) is 6.04 Å². The summed E-state index contributed by atoms with van der Waals surface area (Å²) >= 11 is 0. The second kappa shape index (κ2) is 4.29. The fraction of sp³-hybridized carbons (Fsp3) is 0.417. The average Bonchev–Trinajstić information content (AvgIpc) is 2.77. The van der Waals surface area contributed by atoms with Crippen molar-refractivity contribution in [2.45, 2.75) is 25.8 Å². The molecular formula is C12H13NO5. The number of esters is 1. The first-order chi connectivity index (χ1) is 8.47. The molecule has 0 unspecified atom stereocenters. The van der Waals surface area contributed by atoms with Crippen molar-refractivity contribution in [2.75, 3.05) is 7.11 Å². The first kappa shape index (κ1) is 12.3. The normalized spacial score (nSPS) is 17.3. The molecule has 96 valence electrons. The van der Waals surface area contributed by atoms with E-state index in [4.69, 9.17) is 0 Å². The summed E-state index contributed by atoms with van der Waals surface area (Å²) in [5, 5.41) is 9.55. The molecule has 6 heteroatoms. The molecular weight excluding hydrogens is 238 g/mol. The van der Waals surface area contributed by atoms with Crippen molar-refractivity contribution in [1.82, 2.24) is 4.57 Å². The van der Waals surface area contributed by atoms with E-state index < -0.39 is 23.3 Å². The summed E-state index contributed by atoms with van der Waals surface area (Å²) in [6.07, 6.45) is 0.829. The zero-order valence-electron chi connectivity index (χ0n) is 10.1.